The molecule has 1 aliphatic heterocycles. The molecule has 0 N–H and O–H groups in total. The van der Waals surface area contributed by atoms with Crippen molar-refractivity contribution in [2.24, 2.45) is 5.92 Å². The van der Waals surface area contributed by atoms with Gasteiger partial charge in [0.2, 0.25) is 0 Å². The molecule has 0 saturated carbocycles. The summed E-state index contributed by atoms with van der Waals surface area (Å²) >= 11 is 1.75. The first-order chi connectivity index (χ1) is 8.65. The molecule has 2 heteroatoms. The SMILES string of the molecule is CC(C)C1=CC2=C(Cc3ccccc3S2)C(=O)C1. The Bertz CT molecular complexity index is 579. The second kappa shape index (κ2) is 4.43. The fraction of sp³-hybridized carbons (Fsp3) is 0.312. The van der Waals surface area contributed by atoms with Crippen molar-refractivity contribution >= 4 is 17.5 Å². The molecule has 0 amide bonds. The van der Waals surface area contributed by atoms with Crippen molar-refractivity contribution in [3.05, 3.63) is 52.0 Å². The van der Waals surface area contributed by atoms with Gasteiger partial charge in [-0.2, -0.15) is 0 Å². The Balaban J connectivity index is 2.03. The van der Waals surface area contributed by atoms with E-state index in [1.165, 1.54) is 20.9 Å². The van der Waals surface area contributed by atoms with Gasteiger partial charge in [0.1, 0.15) is 0 Å². The molecule has 0 saturated heterocycles. The molecule has 0 spiro atoms. The second-order valence-electron chi connectivity index (χ2n) is 5.20. The lowest BCUT2D eigenvalue weighted by molar-refractivity contribution is -0.115. The van der Waals surface area contributed by atoms with E-state index in [9.17, 15) is 4.79 Å². The molecule has 1 nitrogen and oxygen atoms in total. The summed E-state index contributed by atoms with van der Waals surface area (Å²) < 4.78 is 0. The minimum absolute atomic E-state index is 0.318. The standard InChI is InChI=1S/C16H16OS/c1-10(2)12-8-14(17)13-7-11-5-3-4-6-15(11)18-16(13)9-12/h3-6,9-10H,7-8H2,1-2H3. The van der Waals surface area contributed by atoms with Crippen LogP contribution in [0, 0.1) is 5.92 Å². The lowest BCUT2D eigenvalue weighted by Gasteiger charge is -2.25. The summed E-state index contributed by atoms with van der Waals surface area (Å²) in [6, 6.07) is 8.38. The van der Waals surface area contributed by atoms with Gasteiger partial charge in [-0.3, -0.25) is 4.79 Å². The predicted octanol–water partition coefficient (Wildman–Crippen LogP) is 4.14. The van der Waals surface area contributed by atoms with Gasteiger partial charge < -0.3 is 0 Å². The first-order valence-electron chi connectivity index (χ1n) is 6.37. The van der Waals surface area contributed by atoms with Crippen LogP contribution in [0.5, 0.6) is 0 Å². The van der Waals surface area contributed by atoms with E-state index < -0.39 is 0 Å². The van der Waals surface area contributed by atoms with Gasteiger partial charge in [-0.25, -0.2) is 0 Å². The minimum Gasteiger partial charge on any atom is -0.294 e. The number of hydrogen-bond acceptors (Lipinski definition) is 2. The van der Waals surface area contributed by atoms with Crippen molar-refractivity contribution in [2.45, 2.75) is 31.6 Å². The van der Waals surface area contributed by atoms with Crippen LogP contribution in [0.3, 0.4) is 0 Å². The highest BCUT2D eigenvalue weighted by Crippen LogP contribution is 2.43. The van der Waals surface area contributed by atoms with Crippen LogP contribution < -0.4 is 0 Å². The van der Waals surface area contributed by atoms with Gasteiger partial charge in [0.05, 0.1) is 0 Å². The molecule has 1 heterocycles. The van der Waals surface area contributed by atoms with Crippen molar-refractivity contribution in [3.63, 3.8) is 0 Å². The third kappa shape index (κ3) is 1.95. The van der Waals surface area contributed by atoms with Crippen LogP contribution in [0.2, 0.25) is 0 Å². The Labute approximate surface area is 112 Å². The molecule has 1 aromatic rings. The normalized spacial score (nSPS) is 18.6. The fourth-order valence-corrected chi connectivity index (χ4v) is 3.62. The van der Waals surface area contributed by atoms with E-state index in [0.29, 0.717) is 18.1 Å². The maximum atomic E-state index is 12.2. The second-order valence-corrected chi connectivity index (χ2v) is 6.29. The van der Waals surface area contributed by atoms with E-state index in [0.717, 1.165) is 12.0 Å². The van der Waals surface area contributed by atoms with Crippen LogP contribution in [0.15, 0.2) is 51.3 Å². The Morgan fingerprint density at radius 3 is 2.72 bits per heavy atom. The highest BCUT2D eigenvalue weighted by atomic mass is 32.2. The van der Waals surface area contributed by atoms with Gasteiger partial charge in [0.25, 0.3) is 0 Å². The molecule has 0 fully saturated rings. The van der Waals surface area contributed by atoms with Crippen LogP contribution in [-0.4, -0.2) is 5.78 Å². The van der Waals surface area contributed by atoms with Crippen molar-refractivity contribution in [1.29, 1.82) is 0 Å². The average molecular weight is 256 g/mol. The van der Waals surface area contributed by atoms with E-state index in [2.05, 4.69) is 38.1 Å². The van der Waals surface area contributed by atoms with E-state index in [1.807, 2.05) is 6.07 Å². The van der Waals surface area contributed by atoms with E-state index in [1.54, 1.807) is 11.8 Å². The predicted molar refractivity (Wildman–Crippen MR) is 75.6 cm³/mol. The van der Waals surface area contributed by atoms with Crippen LogP contribution in [0.1, 0.15) is 25.8 Å². The average Bonchev–Trinajstić information content (AvgIpc) is 2.36. The number of rotatable bonds is 1. The zero-order chi connectivity index (χ0) is 12.7. The number of Topliss-reactive ketones (excluding diaryl/α,β-unsaturated/α-hetero) is 1. The van der Waals surface area contributed by atoms with Gasteiger partial charge in [0, 0.05) is 28.2 Å². The molecule has 0 atom stereocenters. The Kier molecular flexibility index (Phi) is 2.90. The lowest BCUT2D eigenvalue weighted by Crippen LogP contribution is -2.17. The Hall–Kier alpha value is -1.28. The zero-order valence-corrected chi connectivity index (χ0v) is 11.5. The van der Waals surface area contributed by atoms with Crippen molar-refractivity contribution in [2.75, 3.05) is 0 Å². The Morgan fingerprint density at radius 1 is 1.17 bits per heavy atom. The number of hydrogen-bond donors (Lipinski definition) is 0. The topological polar surface area (TPSA) is 17.1 Å². The summed E-state index contributed by atoms with van der Waals surface area (Å²) in [5.41, 5.74) is 3.57. The highest BCUT2D eigenvalue weighted by Gasteiger charge is 2.27. The molecule has 0 aromatic heterocycles. The molecule has 0 bridgehead atoms. The maximum absolute atomic E-state index is 12.2. The molecular weight excluding hydrogens is 240 g/mol. The minimum atomic E-state index is 0.318. The molecule has 0 unspecified atom stereocenters. The summed E-state index contributed by atoms with van der Waals surface area (Å²) in [7, 11) is 0. The largest absolute Gasteiger partial charge is 0.294 e. The third-order valence-electron chi connectivity index (χ3n) is 3.62. The van der Waals surface area contributed by atoms with Crippen molar-refractivity contribution < 1.29 is 4.79 Å². The van der Waals surface area contributed by atoms with Gasteiger partial charge >= 0.3 is 0 Å². The van der Waals surface area contributed by atoms with E-state index >= 15 is 0 Å². The van der Waals surface area contributed by atoms with Crippen LogP contribution >= 0.6 is 11.8 Å². The molecule has 1 aliphatic carbocycles. The first-order valence-corrected chi connectivity index (χ1v) is 7.19. The number of thioether (sulfide) groups is 1. The lowest BCUT2D eigenvalue weighted by atomic mass is 9.87. The number of ketones is 1. The van der Waals surface area contributed by atoms with Crippen LogP contribution in [0.25, 0.3) is 0 Å². The number of fused-ring (bicyclic) bond motifs is 1. The monoisotopic (exact) mass is 256 g/mol. The maximum Gasteiger partial charge on any atom is 0.164 e. The van der Waals surface area contributed by atoms with E-state index in [4.69, 9.17) is 0 Å². The summed E-state index contributed by atoms with van der Waals surface area (Å²) in [6.45, 7) is 4.32. The van der Waals surface area contributed by atoms with Gasteiger partial charge in [-0.05, 0) is 23.6 Å². The summed E-state index contributed by atoms with van der Waals surface area (Å²) in [5.74, 6) is 0.777. The van der Waals surface area contributed by atoms with Crippen LogP contribution in [-0.2, 0) is 11.2 Å². The third-order valence-corrected chi connectivity index (χ3v) is 4.82. The van der Waals surface area contributed by atoms with Gasteiger partial charge in [-0.1, -0.05) is 49.4 Å². The number of benzene rings is 1. The zero-order valence-electron chi connectivity index (χ0n) is 10.7. The van der Waals surface area contributed by atoms with Crippen LogP contribution in [0.4, 0.5) is 0 Å². The number of carbonyl (C=O) groups excluding carboxylic acids is 1. The van der Waals surface area contributed by atoms with Crippen molar-refractivity contribution in [3.8, 4) is 0 Å². The molecule has 18 heavy (non-hydrogen) atoms. The quantitative estimate of drug-likeness (QED) is 0.751. The summed E-state index contributed by atoms with van der Waals surface area (Å²) in [4.78, 5) is 14.7. The molecule has 3 rings (SSSR count). The van der Waals surface area contributed by atoms with Gasteiger partial charge in [-0.15, -0.1) is 0 Å². The van der Waals surface area contributed by atoms with Gasteiger partial charge in [0.15, 0.2) is 5.78 Å². The fourth-order valence-electron chi connectivity index (χ4n) is 2.44. The molecule has 92 valence electrons. The summed E-state index contributed by atoms with van der Waals surface area (Å²) in [6.07, 6.45) is 3.65. The Morgan fingerprint density at radius 2 is 1.94 bits per heavy atom. The van der Waals surface area contributed by atoms with Crippen molar-refractivity contribution in [1.82, 2.24) is 0 Å². The number of carbonyl (C=O) groups is 1. The molecule has 2 aliphatic rings. The molecular formula is C16H16OS. The summed E-state index contributed by atoms with van der Waals surface area (Å²) in [5, 5.41) is 0. The number of allylic oxidation sites excluding steroid dienone is 3. The molecule has 0 radical (unpaired) electrons. The first kappa shape index (κ1) is 11.8. The van der Waals surface area contributed by atoms with E-state index in [-0.39, 0.29) is 0 Å². The smallest absolute Gasteiger partial charge is 0.164 e. The highest BCUT2D eigenvalue weighted by molar-refractivity contribution is 8.03. The molecule has 1 aromatic carbocycles.